The number of H-pyrrole nitrogens is 1. The van der Waals surface area contributed by atoms with E-state index in [1.807, 2.05) is 5.40 Å². The molecule has 7 nitrogen and oxygen atoms in total. The van der Waals surface area contributed by atoms with Gasteiger partial charge in [0.05, 0.1) is 5.08 Å². The number of hydrogen-bond acceptors (Lipinski definition) is 6. The van der Waals surface area contributed by atoms with Crippen LogP contribution >= 0.6 is 23.5 Å². The van der Waals surface area contributed by atoms with Crippen LogP contribution in [-0.2, 0) is 14.1 Å². The summed E-state index contributed by atoms with van der Waals surface area (Å²) in [6.07, 6.45) is 0. The molecule has 2 heterocycles. The first-order chi connectivity index (χ1) is 8.56. The lowest BCUT2D eigenvalue weighted by molar-refractivity contribution is 0.708. The Kier molecular flexibility index (Phi) is 3.49. The molecule has 0 unspecified atom stereocenters. The first-order valence-electron chi connectivity index (χ1n) is 4.85. The highest BCUT2D eigenvalue weighted by atomic mass is 32.2. The van der Waals surface area contributed by atoms with Gasteiger partial charge < -0.3 is 4.98 Å². The van der Waals surface area contributed by atoms with Crippen molar-refractivity contribution in [1.29, 1.82) is 5.26 Å². The molecule has 0 fully saturated rings. The molecule has 0 aliphatic carbocycles. The fourth-order valence-electron chi connectivity index (χ4n) is 1.48. The fourth-order valence-corrected chi connectivity index (χ4v) is 2.70. The summed E-state index contributed by atoms with van der Waals surface area (Å²) in [4.78, 5) is 30.6. The van der Waals surface area contributed by atoms with Crippen LogP contribution in [0.5, 0.6) is 0 Å². The van der Waals surface area contributed by atoms with Crippen molar-refractivity contribution in [2.45, 2.75) is 5.16 Å². The molecule has 2 aromatic rings. The smallest absolute Gasteiger partial charge is 0.327 e. The first-order valence-corrected chi connectivity index (χ1v) is 6.82. The average Bonchev–Trinajstić information content (AvgIpc) is 2.78. The minimum absolute atomic E-state index is 0.295. The van der Waals surface area contributed by atoms with Gasteiger partial charge in [0.15, 0.2) is 16.3 Å². The summed E-state index contributed by atoms with van der Waals surface area (Å²) in [5, 5.41) is 11.4. The van der Waals surface area contributed by atoms with Crippen molar-refractivity contribution in [3.63, 3.8) is 0 Å². The highest BCUT2D eigenvalue weighted by molar-refractivity contribution is 8.18. The van der Waals surface area contributed by atoms with Crippen molar-refractivity contribution in [2.75, 3.05) is 5.08 Å². The van der Waals surface area contributed by atoms with Crippen molar-refractivity contribution in [1.82, 2.24) is 19.1 Å². The number of nitrogens with one attached hydrogen (secondary N) is 1. The number of rotatable bonds is 3. The molecule has 0 saturated heterocycles. The summed E-state index contributed by atoms with van der Waals surface area (Å²) >= 11 is 2.39. The molecule has 94 valence electrons. The van der Waals surface area contributed by atoms with Gasteiger partial charge in [-0.2, -0.15) is 5.26 Å². The maximum absolute atomic E-state index is 11.9. The predicted octanol–water partition coefficient (Wildman–Crippen LogP) is 0.224. The Hall–Kier alpha value is -1.66. The molecule has 0 spiro atoms. The molecule has 0 aliphatic heterocycles. The molecule has 0 saturated carbocycles. The van der Waals surface area contributed by atoms with Crippen molar-refractivity contribution in [2.24, 2.45) is 14.1 Å². The molecule has 9 heteroatoms. The van der Waals surface area contributed by atoms with Gasteiger partial charge in [0, 0.05) is 14.1 Å². The number of thiocyanates is 1. The molecular formula is C9H9N5O2S2. The molecule has 0 aliphatic rings. The lowest BCUT2D eigenvalue weighted by Crippen LogP contribution is -2.36. The van der Waals surface area contributed by atoms with Crippen LogP contribution in [0, 0.1) is 10.7 Å². The zero-order valence-electron chi connectivity index (χ0n) is 9.63. The molecule has 2 rings (SSSR count). The van der Waals surface area contributed by atoms with Crippen LogP contribution in [-0.4, -0.2) is 24.2 Å². The van der Waals surface area contributed by atoms with E-state index in [1.54, 1.807) is 7.05 Å². The topological polar surface area (TPSA) is 96.5 Å². The van der Waals surface area contributed by atoms with Gasteiger partial charge in [-0.25, -0.2) is 9.78 Å². The van der Waals surface area contributed by atoms with Crippen LogP contribution in [0.3, 0.4) is 0 Å². The van der Waals surface area contributed by atoms with Crippen molar-refractivity contribution in [3.05, 3.63) is 20.8 Å². The standard InChI is InChI=1S/C9H9N5O2S2/c1-13-6-5(7(15)14(2)9(13)16)11-8(12-6)18-4-17-3-10/h4H2,1-2H3,(H,11,12). The quantitative estimate of drug-likeness (QED) is 0.375. The van der Waals surface area contributed by atoms with Crippen LogP contribution in [0.2, 0.25) is 0 Å². The molecule has 0 aromatic carbocycles. The second kappa shape index (κ2) is 4.91. The van der Waals surface area contributed by atoms with E-state index in [1.165, 1.54) is 23.4 Å². The third-order valence-electron chi connectivity index (χ3n) is 2.39. The van der Waals surface area contributed by atoms with Crippen LogP contribution in [0.1, 0.15) is 0 Å². The maximum Gasteiger partial charge on any atom is 0.332 e. The number of imidazole rings is 1. The number of thioether (sulfide) groups is 2. The first kappa shape index (κ1) is 12.8. The second-order valence-electron chi connectivity index (χ2n) is 3.44. The zero-order valence-corrected chi connectivity index (χ0v) is 11.3. The summed E-state index contributed by atoms with van der Waals surface area (Å²) in [5.41, 5.74) is -0.195. The van der Waals surface area contributed by atoms with Gasteiger partial charge in [-0.3, -0.25) is 13.9 Å². The molecular weight excluding hydrogens is 274 g/mol. The lowest BCUT2D eigenvalue weighted by Gasteiger charge is -2.00. The fraction of sp³-hybridized carbons (Fsp3) is 0.333. The van der Waals surface area contributed by atoms with Gasteiger partial charge >= 0.3 is 5.69 Å². The summed E-state index contributed by atoms with van der Waals surface area (Å²) in [5.74, 6) is 0. The van der Waals surface area contributed by atoms with Gasteiger partial charge in [-0.05, 0) is 11.8 Å². The molecule has 0 amide bonds. The third kappa shape index (κ3) is 2.04. The lowest BCUT2D eigenvalue weighted by atomic mass is 10.5. The third-order valence-corrected chi connectivity index (χ3v) is 3.93. The van der Waals surface area contributed by atoms with Crippen molar-refractivity contribution in [3.8, 4) is 5.40 Å². The van der Waals surface area contributed by atoms with Gasteiger partial charge in [-0.15, -0.1) is 0 Å². The van der Waals surface area contributed by atoms with Crippen LogP contribution in [0.25, 0.3) is 11.2 Å². The SMILES string of the molecule is Cn1c(=O)c2[nH]c(SCSC#N)nc2n(C)c1=O. The number of fused-ring (bicyclic) bond motifs is 1. The Balaban J connectivity index is 2.55. The largest absolute Gasteiger partial charge is 0.332 e. The van der Waals surface area contributed by atoms with E-state index in [-0.39, 0.29) is 0 Å². The van der Waals surface area contributed by atoms with Gasteiger partial charge in [-0.1, -0.05) is 11.8 Å². The van der Waals surface area contributed by atoms with E-state index in [0.29, 0.717) is 21.4 Å². The van der Waals surface area contributed by atoms with E-state index in [4.69, 9.17) is 5.26 Å². The minimum Gasteiger partial charge on any atom is -0.327 e. The van der Waals surface area contributed by atoms with Crippen molar-refractivity contribution < 1.29 is 0 Å². The maximum atomic E-state index is 11.9. The van der Waals surface area contributed by atoms with E-state index in [2.05, 4.69) is 9.97 Å². The second-order valence-corrected chi connectivity index (χ2v) is 5.53. The molecule has 2 aromatic heterocycles. The Labute approximate surface area is 110 Å². The predicted molar refractivity (Wildman–Crippen MR) is 70.5 cm³/mol. The number of nitriles is 1. The molecule has 0 radical (unpaired) electrons. The van der Waals surface area contributed by atoms with Crippen LogP contribution < -0.4 is 11.2 Å². The van der Waals surface area contributed by atoms with E-state index in [9.17, 15) is 9.59 Å². The number of aromatic nitrogens is 4. The molecule has 0 bridgehead atoms. The number of nitrogens with zero attached hydrogens (tertiary/aromatic N) is 4. The van der Waals surface area contributed by atoms with E-state index in [0.717, 1.165) is 16.3 Å². The van der Waals surface area contributed by atoms with Crippen LogP contribution in [0.4, 0.5) is 0 Å². The molecule has 18 heavy (non-hydrogen) atoms. The van der Waals surface area contributed by atoms with E-state index < -0.39 is 11.2 Å². The van der Waals surface area contributed by atoms with Gasteiger partial charge in [0.1, 0.15) is 5.40 Å². The van der Waals surface area contributed by atoms with Crippen molar-refractivity contribution >= 4 is 34.7 Å². The Morgan fingerprint density at radius 3 is 2.78 bits per heavy atom. The zero-order chi connectivity index (χ0) is 13.3. The van der Waals surface area contributed by atoms with Gasteiger partial charge in [0.25, 0.3) is 5.56 Å². The number of aromatic amines is 1. The highest BCUT2D eigenvalue weighted by Gasteiger charge is 2.13. The summed E-state index contributed by atoms with van der Waals surface area (Å²) in [6.45, 7) is 0. The van der Waals surface area contributed by atoms with E-state index >= 15 is 0 Å². The van der Waals surface area contributed by atoms with Crippen LogP contribution in [0.15, 0.2) is 14.7 Å². The minimum atomic E-state index is -0.415. The summed E-state index contributed by atoms with van der Waals surface area (Å²) in [7, 11) is 2.98. The van der Waals surface area contributed by atoms with Gasteiger partial charge in [0.2, 0.25) is 0 Å². The average molecular weight is 283 g/mol. The number of hydrogen-bond donors (Lipinski definition) is 1. The Morgan fingerprint density at radius 1 is 1.39 bits per heavy atom. The Morgan fingerprint density at radius 2 is 2.11 bits per heavy atom. The summed E-state index contributed by atoms with van der Waals surface area (Å²) < 4.78 is 2.34. The molecule has 1 N–H and O–H groups in total. The molecule has 0 atom stereocenters. The summed E-state index contributed by atoms with van der Waals surface area (Å²) in [6, 6.07) is 0. The monoisotopic (exact) mass is 283 g/mol. The highest BCUT2D eigenvalue weighted by Crippen LogP contribution is 2.20. The number of aryl methyl sites for hydroxylation is 1. The Bertz CT molecular complexity index is 751. The normalized spacial score (nSPS) is 10.7.